The average Bonchev–Trinajstić information content (AvgIpc) is 2.81. The molecule has 0 saturated heterocycles. The molecule has 1 heterocycles. The molecule has 0 atom stereocenters. The van der Waals surface area contributed by atoms with Crippen molar-refractivity contribution in [1.82, 2.24) is 9.88 Å². The summed E-state index contributed by atoms with van der Waals surface area (Å²) in [6.07, 6.45) is 4.01. The average molecular weight is 272 g/mol. The van der Waals surface area contributed by atoms with Crippen LogP contribution in [0.1, 0.15) is 32.8 Å². The van der Waals surface area contributed by atoms with E-state index in [0.717, 1.165) is 19.4 Å². The van der Waals surface area contributed by atoms with E-state index in [1.54, 1.807) is 0 Å². The Morgan fingerprint density at radius 3 is 2.80 bits per heavy atom. The predicted octanol–water partition coefficient (Wildman–Crippen LogP) is 3.37. The molecular weight excluding hydrogens is 248 g/mol. The lowest BCUT2D eigenvalue weighted by molar-refractivity contribution is -0.121. The fourth-order valence-corrected chi connectivity index (χ4v) is 2.47. The normalized spacial score (nSPS) is 11.2. The van der Waals surface area contributed by atoms with Crippen molar-refractivity contribution in [3.05, 3.63) is 36.0 Å². The number of rotatable bonds is 6. The van der Waals surface area contributed by atoms with E-state index in [1.165, 1.54) is 16.5 Å². The van der Waals surface area contributed by atoms with Crippen molar-refractivity contribution in [3.63, 3.8) is 0 Å². The zero-order valence-electron chi connectivity index (χ0n) is 12.6. The van der Waals surface area contributed by atoms with Crippen LogP contribution in [0.5, 0.6) is 0 Å². The Morgan fingerprint density at radius 1 is 1.30 bits per heavy atom. The van der Waals surface area contributed by atoms with Gasteiger partial charge < -0.3 is 9.88 Å². The number of benzene rings is 1. The van der Waals surface area contributed by atoms with Crippen LogP contribution < -0.4 is 5.32 Å². The smallest absolute Gasteiger partial charge is 0.239 e. The highest BCUT2D eigenvalue weighted by molar-refractivity contribution is 5.85. The predicted molar refractivity (Wildman–Crippen MR) is 83.8 cm³/mol. The second kappa shape index (κ2) is 6.60. The second-order valence-electron chi connectivity index (χ2n) is 5.68. The highest BCUT2D eigenvalue weighted by Crippen LogP contribution is 2.20. The summed E-state index contributed by atoms with van der Waals surface area (Å²) < 4.78 is 2.05. The highest BCUT2D eigenvalue weighted by Gasteiger charge is 2.08. The molecule has 3 heteroatoms. The molecule has 1 N–H and O–H groups in total. The number of aryl methyl sites for hydroxylation is 1. The lowest BCUT2D eigenvalue weighted by Crippen LogP contribution is -2.28. The lowest BCUT2D eigenvalue weighted by Gasteiger charge is -2.10. The summed E-state index contributed by atoms with van der Waals surface area (Å²) in [5, 5.41) is 4.20. The number of para-hydroxylation sites is 1. The van der Waals surface area contributed by atoms with Crippen LogP contribution in [0, 0.1) is 5.92 Å². The van der Waals surface area contributed by atoms with Gasteiger partial charge in [-0.15, -0.1) is 0 Å². The van der Waals surface area contributed by atoms with Crippen LogP contribution in [0.3, 0.4) is 0 Å². The van der Waals surface area contributed by atoms with Crippen LogP contribution in [0.2, 0.25) is 0 Å². The standard InChI is InChI=1S/C17H24N2O/c1-4-14-6-5-7-15-9-11-19(17(14)15)12-16(20)18-10-8-13(2)3/h5-7,9,11,13H,4,8,10,12H2,1-3H3,(H,18,20). The summed E-state index contributed by atoms with van der Waals surface area (Å²) in [4.78, 5) is 12.0. The molecule has 0 saturated carbocycles. The van der Waals surface area contributed by atoms with Gasteiger partial charge in [0.2, 0.25) is 5.91 Å². The molecule has 0 radical (unpaired) electrons. The molecule has 0 unspecified atom stereocenters. The zero-order valence-corrected chi connectivity index (χ0v) is 12.6. The minimum absolute atomic E-state index is 0.0917. The molecule has 0 aliphatic carbocycles. The molecule has 2 rings (SSSR count). The summed E-state index contributed by atoms with van der Waals surface area (Å²) in [6, 6.07) is 8.39. The third-order valence-corrected chi connectivity index (χ3v) is 3.61. The largest absolute Gasteiger partial charge is 0.355 e. The van der Waals surface area contributed by atoms with Crippen molar-refractivity contribution in [2.75, 3.05) is 6.54 Å². The Hall–Kier alpha value is -1.77. The Bertz CT molecular complexity index is 584. The van der Waals surface area contributed by atoms with E-state index in [-0.39, 0.29) is 5.91 Å². The van der Waals surface area contributed by atoms with Crippen LogP contribution in [0.15, 0.2) is 30.5 Å². The molecule has 0 bridgehead atoms. The van der Waals surface area contributed by atoms with Gasteiger partial charge in [-0.3, -0.25) is 4.79 Å². The molecule has 1 aromatic heterocycles. The van der Waals surface area contributed by atoms with Gasteiger partial charge in [-0.2, -0.15) is 0 Å². The molecule has 3 nitrogen and oxygen atoms in total. The molecule has 1 amide bonds. The van der Waals surface area contributed by atoms with Crippen molar-refractivity contribution in [2.24, 2.45) is 5.92 Å². The second-order valence-corrected chi connectivity index (χ2v) is 5.68. The molecule has 0 spiro atoms. The van der Waals surface area contributed by atoms with E-state index < -0.39 is 0 Å². The maximum atomic E-state index is 12.0. The van der Waals surface area contributed by atoms with Gasteiger partial charge in [0.25, 0.3) is 0 Å². The lowest BCUT2D eigenvalue weighted by atomic mass is 10.1. The minimum atomic E-state index is 0.0917. The van der Waals surface area contributed by atoms with Crippen LogP contribution in [-0.4, -0.2) is 17.0 Å². The molecule has 0 aliphatic heterocycles. The van der Waals surface area contributed by atoms with Crippen LogP contribution in [-0.2, 0) is 17.8 Å². The van der Waals surface area contributed by atoms with Gasteiger partial charge in [-0.1, -0.05) is 39.0 Å². The quantitative estimate of drug-likeness (QED) is 0.859. The van der Waals surface area contributed by atoms with Gasteiger partial charge in [0.1, 0.15) is 6.54 Å². The number of amides is 1. The minimum Gasteiger partial charge on any atom is -0.355 e. The molecule has 0 aliphatic rings. The van der Waals surface area contributed by atoms with E-state index in [0.29, 0.717) is 12.5 Å². The van der Waals surface area contributed by atoms with E-state index in [1.807, 2.05) is 6.20 Å². The topological polar surface area (TPSA) is 34.0 Å². The zero-order chi connectivity index (χ0) is 14.5. The fraction of sp³-hybridized carbons (Fsp3) is 0.471. The van der Waals surface area contributed by atoms with Crippen molar-refractivity contribution in [3.8, 4) is 0 Å². The number of carbonyl (C=O) groups is 1. The van der Waals surface area contributed by atoms with E-state index in [4.69, 9.17) is 0 Å². The van der Waals surface area contributed by atoms with E-state index in [9.17, 15) is 4.79 Å². The Balaban J connectivity index is 2.08. The number of hydrogen-bond donors (Lipinski definition) is 1. The fourth-order valence-electron chi connectivity index (χ4n) is 2.47. The summed E-state index contributed by atoms with van der Waals surface area (Å²) in [5.74, 6) is 0.712. The van der Waals surface area contributed by atoms with Gasteiger partial charge in [0.15, 0.2) is 0 Å². The summed E-state index contributed by atoms with van der Waals surface area (Å²) in [7, 11) is 0. The van der Waals surface area contributed by atoms with E-state index >= 15 is 0 Å². The maximum Gasteiger partial charge on any atom is 0.239 e. The number of nitrogens with zero attached hydrogens (tertiary/aromatic N) is 1. The number of nitrogens with one attached hydrogen (secondary N) is 1. The third kappa shape index (κ3) is 3.41. The van der Waals surface area contributed by atoms with Crippen molar-refractivity contribution in [2.45, 2.75) is 40.2 Å². The molecule has 0 fully saturated rings. The third-order valence-electron chi connectivity index (χ3n) is 3.61. The number of fused-ring (bicyclic) bond motifs is 1. The monoisotopic (exact) mass is 272 g/mol. The first-order chi connectivity index (χ1) is 9.61. The molecule has 108 valence electrons. The van der Waals surface area contributed by atoms with Crippen molar-refractivity contribution >= 4 is 16.8 Å². The number of carbonyl (C=O) groups excluding carboxylic acids is 1. The van der Waals surface area contributed by atoms with Gasteiger partial charge >= 0.3 is 0 Å². The van der Waals surface area contributed by atoms with E-state index in [2.05, 4.69) is 54.9 Å². The van der Waals surface area contributed by atoms with Crippen LogP contribution >= 0.6 is 0 Å². The van der Waals surface area contributed by atoms with Gasteiger partial charge in [0, 0.05) is 12.7 Å². The van der Waals surface area contributed by atoms with Crippen LogP contribution in [0.4, 0.5) is 0 Å². The molecular formula is C17H24N2O. The highest BCUT2D eigenvalue weighted by atomic mass is 16.1. The maximum absolute atomic E-state index is 12.0. The SMILES string of the molecule is CCc1cccc2ccn(CC(=O)NCCC(C)C)c12. The van der Waals surface area contributed by atoms with Gasteiger partial charge in [0.05, 0.1) is 5.52 Å². The molecule has 1 aromatic carbocycles. The Morgan fingerprint density at radius 2 is 2.10 bits per heavy atom. The first-order valence-electron chi connectivity index (χ1n) is 7.45. The summed E-state index contributed by atoms with van der Waals surface area (Å²) >= 11 is 0. The van der Waals surface area contributed by atoms with Crippen molar-refractivity contribution < 1.29 is 4.79 Å². The summed E-state index contributed by atoms with van der Waals surface area (Å²) in [6.45, 7) is 7.64. The molecule has 2 aromatic rings. The number of hydrogen-bond acceptors (Lipinski definition) is 1. The van der Waals surface area contributed by atoms with Crippen molar-refractivity contribution in [1.29, 1.82) is 0 Å². The van der Waals surface area contributed by atoms with Gasteiger partial charge in [-0.25, -0.2) is 0 Å². The molecule has 20 heavy (non-hydrogen) atoms. The Labute approximate surface area is 121 Å². The first-order valence-corrected chi connectivity index (χ1v) is 7.45. The van der Waals surface area contributed by atoms with Gasteiger partial charge in [-0.05, 0) is 35.8 Å². The first kappa shape index (κ1) is 14.6. The summed E-state index contributed by atoms with van der Waals surface area (Å²) in [5.41, 5.74) is 2.48. The Kier molecular flexibility index (Phi) is 4.83. The van der Waals surface area contributed by atoms with Crippen LogP contribution in [0.25, 0.3) is 10.9 Å². The number of aromatic nitrogens is 1.